The van der Waals surface area contributed by atoms with E-state index < -0.39 is 44.5 Å². The third-order valence-electron chi connectivity index (χ3n) is 3.41. The Morgan fingerprint density at radius 2 is 1.74 bits per heavy atom. The number of nitrogens with one attached hydrogen (secondary N) is 1. The van der Waals surface area contributed by atoms with Crippen LogP contribution >= 0.6 is 0 Å². The first kappa shape index (κ1) is 19.5. The van der Waals surface area contributed by atoms with Gasteiger partial charge < -0.3 is 5.32 Å². The molecule has 0 aliphatic heterocycles. The van der Waals surface area contributed by atoms with Crippen LogP contribution in [0.1, 0.15) is 38.3 Å². The Balaban J connectivity index is 2.91. The fourth-order valence-electron chi connectivity index (χ4n) is 1.91. The molecule has 130 valence electrons. The normalized spacial score (nSPS) is 13.0. The second kappa shape index (κ2) is 6.90. The molecule has 0 aromatic heterocycles. The lowest BCUT2D eigenvalue weighted by Crippen LogP contribution is -2.45. The second-order valence-corrected chi connectivity index (χ2v) is 8.04. The van der Waals surface area contributed by atoms with Crippen LogP contribution < -0.4 is 5.32 Å². The molecule has 0 radical (unpaired) electrons. The Morgan fingerprint density at radius 1 is 1.17 bits per heavy atom. The molecule has 8 heteroatoms. The highest BCUT2D eigenvalue weighted by Crippen LogP contribution is 2.32. The van der Waals surface area contributed by atoms with Gasteiger partial charge in [0.05, 0.1) is 11.3 Å². The molecule has 4 nitrogen and oxygen atoms in total. The topological polar surface area (TPSA) is 63.2 Å². The SMILES string of the molecule is CCC(C)(C)NC(=O)CS(=O)(=O)Cc1ccccc1C(F)(F)F. The Hall–Kier alpha value is -1.57. The number of carbonyl (C=O) groups is 1. The highest BCUT2D eigenvalue weighted by Gasteiger charge is 2.34. The van der Waals surface area contributed by atoms with Crippen LogP contribution in [0.25, 0.3) is 0 Å². The molecule has 0 heterocycles. The quantitative estimate of drug-likeness (QED) is 0.857. The van der Waals surface area contributed by atoms with E-state index in [2.05, 4.69) is 5.32 Å². The number of hydrogen-bond donors (Lipinski definition) is 1. The van der Waals surface area contributed by atoms with Gasteiger partial charge in [0.25, 0.3) is 0 Å². The van der Waals surface area contributed by atoms with E-state index in [1.165, 1.54) is 12.1 Å². The van der Waals surface area contributed by atoms with Gasteiger partial charge in [0.15, 0.2) is 9.84 Å². The van der Waals surface area contributed by atoms with E-state index in [1.807, 2.05) is 6.92 Å². The third kappa shape index (κ3) is 6.21. The van der Waals surface area contributed by atoms with Crippen molar-refractivity contribution in [3.63, 3.8) is 0 Å². The number of carbonyl (C=O) groups excluding carboxylic acids is 1. The maximum atomic E-state index is 12.9. The van der Waals surface area contributed by atoms with Gasteiger partial charge in [0, 0.05) is 5.54 Å². The summed E-state index contributed by atoms with van der Waals surface area (Å²) in [5, 5.41) is 2.55. The van der Waals surface area contributed by atoms with Gasteiger partial charge in [0.2, 0.25) is 5.91 Å². The predicted octanol–water partition coefficient (Wildman–Crippen LogP) is 2.93. The van der Waals surface area contributed by atoms with E-state index in [-0.39, 0.29) is 5.56 Å². The van der Waals surface area contributed by atoms with E-state index in [4.69, 9.17) is 0 Å². The summed E-state index contributed by atoms with van der Waals surface area (Å²) < 4.78 is 62.7. The molecular formula is C15H20F3NO3S. The minimum absolute atomic E-state index is 0.359. The number of sulfone groups is 1. The molecule has 0 saturated carbocycles. The summed E-state index contributed by atoms with van der Waals surface area (Å²) in [6.07, 6.45) is -4.05. The van der Waals surface area contributed by atoms with Crippen LogP contribution in [0.4, 0.5) is 13.2 Å². The van der Waals surface area contributed by atoms with Crippen molar-refractivity contribution >= 4 is 15.7 Å². The lowest BCUT2D eigenvalue weighted by molar-refractivity contribution is -0.138. The van der Waals surface area contributed by atoms with Gasteiger partial charge in [-0.25, -0.2) is 8.42 Å². The summed E-state index contributed by atoms with van der Waals surface area (Å²) >= 11 is 0. The number of alkyl halides is 3. The van der Waals surface area contributed by atoms with Gasteiger partial charge in [-0.15, -0.1) is 0 Å². The maximum Gasteiger partial charge on any atom is 0.416 e. The zero-order valence-corrected chi connectivity index (χ0v) is 14.0. The molecule has 0 atom stereocenters. The molecule has 0 saturated heterocycles. The zero-order valence-electron chi connectivity index (χ0n) is 13.2. The summed E-state index contributed by atoms with van der Waals surface area (Å²) in [6, 6.07) is 4.45. The van der Waals surface area contributed by atoms with Crippen LogP contribution in [0.5, 0.6) is 0 Å². The van der Waals surface area contributed by atoms with Gasteiger partial charge in [-0.2, -0.15) is 13.2 Å². The van der Waals surface area contributed by atoms with Crippen LogP contribution in [0.3, 0.4) is 0 Å². The van der Waals surface area contributed by atoms with Crippen LogP contribution in [0, 0.1) is 0 Å². The second-order valence-electron chi connectivity index (χ2n) is 5.97. The summed E-state index contributed by atoms with van der Waals surface area (Å²) in [6.45, 7) is 5.29. The standard InChI is InChI=1S/C15H20F3NO3S/c1-4-14(2,3)19-13(20)10-23(21,22)9-11-7-5-6-8-12(11)15(16,17)18/h5-8H,4,9-10H2,1-3H3,(H,19,20). The lowest BCUT2D eigenvalue weighted by atomic mass is 10.0. The van der Waals surface area contributed by atoms with Crippen molar-refractivity contribution in [2.24, 2.45) is 0 Å². The molecule has 0 unspecified atom stereocenters. The van der Waals surface area contributed by atoms with Gasteiger partial charge in [-0.05, 0) is 31.9 Å². The highest BCUT2D eigenvalue weighted by atomic mass is 32.2. The van der Waals surface area contributed by atoms with Crippen LogP contribution in [-0.2, 0) is 26.6 Å². The van der Waals surface area contributed by atoms with E-state index in [1.54, 1.807) is 13.8 Å². The Kier molecular flexibility index (Phi) is 5.84. The molecule has 1 aromatic carbocycles. The minimum atomic E-state index is -4.64. The molecule has 0 aliphatic carbocycles. The number of hydrogen-bond acceptors (Lipinski definition) is 3. The average molecular weight is 351 g/mol. The average Bonchev–Trinajstić information content (AvgIpc) is 2.35. The van der Waals surface area contributed by atoms with Gasteiger partial charge in [0.1, 0.15) is 5.75 Å². The van der Waals surface area contributed by atoms with Crippen LogP contribution in [0.15, 0.2) is 24.3 Å². The minimum Gasteiger partial charge on any atom is -0.350 e. The number of amides is 1. The summed E-state index contributed by atoms with van der Waals surface area (Å²) in [4.78, 5) is 11.8. The van der Waals surface area contributed by atoms with Gasteiger partial charge in [-0.3, -0.25) is 4.79 Å². The smallest absolute Gasteiger partial charge is 0.350 e. The van der Waals surface area contributed by atoms with Crippen molar-refractivity contribution in [3.8, 4) is 0 Å². The molecule has 0 fully saturated rings. The van der Waals surface area contributed by atoms with Gasteiger partial charge >= 0.3 is 6.18 Å². The Bertz CT molecular complexity index is 667. The first-order chi connectivity index (χ1) is 10.4. The monoisotopic (exact) mass is 351 g/mol. The van der Waals surface area contributed by atoms with E-state index in [0.29, 0.717) is 6.42 Å². The fourth-order valence-corrected chi connectivity index (χ4v) is 3.21. The van der Waals surface area contributed by atoms with Crippen molar-refractivity contribution in [1.29, 1.82) is 0 Å². The van der Waals surface area contributed by atoms with Crippen molar-refractivity contribution < 1.29 is 26.4 Å². The van der Waals surface area contributed by atoms with Gasteiger partial charge in [-0.1, -0.05) is 25.1 Å². The molecule has 1 aromatic rings. The summed E-state index contributed by atoms with van der Waals surface area (Å²) in [5.74, 6) is -2.40. The Labute approximate surface area is 134 Å². The zero-order chi connectivity index (χ0) is 17.9. The van der Waals surface area contributed by atoms with E-state index >= 15 is 0 Å². The molecule has 0 spiro atoms. The maximum absolute atomic E-state index is 12.9. The molecule has 1 rings (SSSR count). The molecule has 1 amide bonds. The molecular weight excluding hydrogens is 331 g/mol. The van der Waals surface area contributed by atoms with E-state index in [9.17, 15) is 26.4 Å². The fraction of sp³-hybridized carbons (Fsp3) is 0.533. The first-order valence-corrected chi connectivity index (χ1v) is 8.85. The number of halogens is 3. The van der Waals surface area contributed by atoms with Crippen LogP contribution in [0.2, 0.25) is 0 Å². The Morgan fingerprint density at radius 3 is 2.26 bits per heavy atom. The van der Waals surface area contributed by atoms with Crippen molar-refractivity contribution in [2.75, 3.05) is 5.75 Å². The predicted molar refractivity (Wildman–Crippen MR) is 81.4 cm³/mol. The molecule has 1 N–H and O–H groups in total. The lowest BCUT2D eigenvalue weighted by Gasteiger charge is -2.24. The molecule has 0 bridgehead atoms. The van der Waals surface area contributed by atoms with E-state index in [0.717, 1.165) is 12.1 Å². The van der Waals surface area contributed by atoms with Crippen molar-refractivity contribution in [2.45, 2.75) is 44.7 Å². The summed E-state index contributed by atoms with van der Waals surface area (Å²) in [5.41, 5.74) is -1.93. The van der Waals surface area contributed by atoms with Crippen LogP contribution in [-0.4, -0.2) is 25.6 Å². The van der Waals surface area contributed by atoms with Crippen molar-refractivity contribution in [3.05, 3.63) is 35.4 Å². The molecule has 0 aliphatic rings. The number of benzene rings is 1. The number of rotatable bonds is 6. The largest absolute Gasteiger partial charge is 0.416 e. The molecule has 23 heavy (non-hydrogen) atoms. The first-order valence-electron chi connectivity index (χ1n) is 7.03. The highest BCUT2D eigenvalue weighted by molar-refractivity contribution is 7.91. The third-order valence-corrected chi connectivity index (χ3v) is 4.86. The van der Waals surface area contributed by atoms with Crippen molar-refractivity contribution in [1.82, 2.24) is 5.32 Å². The summed E-state index contributed by atoms with van der Waals surface area (Å²) in [7, 11) is -4.01.